The number of thioether (sulfide) groups is 1. The highest BCUT2D eigenvalue weighted by Crippen LogP contribution is 2.24. The summed E-state index contributed by atoms with van der Waals surface area (Å²) in [5, 5.41) is 11.5. The highest BCUT2D eigenvalue weighted by Gasteiger charge is 2.11. The van der Waals surface area contributed by atoms with Gasteiger partial charge in [-0.15, -0.1) is 10.2 Å². The Kier molecular flexibility index (Phi) is 6.04. The zero-order chi connectivity index (χ0) is 15.1. The Labute approximate surface area is 131 Å². The van der Waals surface area contributed by atoms with E-state index >= 15 is 0 Å². The molecule has 0 aliphatic carbocycles. The molecule has 0 fully saturated rings. The van der Waals surface area contributed by atoms with E-state index in [0.29, 0.717) is 29.3 Å². The number of hydrogen-bond donors (Lipinski definition) is 1. The summed E-state index contributed by atoms with van der Waals surface area (Å²) >= 11 is 7.09. The third kappa shape index (κ3) is 5.04. The van der Waals surface area contributed by atoms with Crippen molar-refractivity contribution in [3.63, 3.8) is 0 Å². The lowest BCUT2D eigenvalue weighted by molar-refractivity contribution is -0.118. The fraction of sp³-hybridized carbons (Fsp3) is 0.308. The molecule has 0 aliphatic heterocycles. The predicted octanol–water partition coefficient (Wildman–Crippen LogP) is 2.24. The van der Waals surface area contributed by atoms with Gasteiger partial charge in [0.1, 0.15) is 0 Å². The van der Waals surface area contributed by atoms with Crippen LogP contribution in [-0.2, 0) is 9.53 Å². The predicted molar refractivity (Wildman–Crippen MR) is 80.4 cm³/mol. The zero-order valence-corrected chi connectivity index (χ0v) is 12.9. The molecule has 0 radical (unpaired) electrons. The maximum absolute atomic E-state index is 11.5. The van der Waals surface area contributed by atoms with E-state index < -0.39 is 0 Å². The SMILES string of the molecule is COCCNC(=O)CSc1nnc(-c2cccc(Cl)c2)o1. The molecule has 1 aromatic carbocycles. The Bertz CT molecular complexity index is 606. The average molecular weight is 328 g/mol. The van der Waals surface area contributed by atoms with Crippen molar-refractivity contribution in [1.82, 2.24) is 15.5 Å². The highest BCUT2D eigenvalue weighted by atomic mass is 35.5. The normalized spacial score (nSPS) is 10.6. The maximum atomic E-state index is 11.5. The molecule has 1 N–H and O–H groups in total. The van der Waals surface area contributed by atoms with Crippen LogP contribution in [-0.4, -0.2) is 42.1 Å². The minimum Gasteiger partial charge on any atom is -0.411 e. The smallest absolute Gasteiger partial charge is 0.277 e. The van der Waals surface area contributed by atoms with E-state index in [2.05, 4.69) is 15.5 Å². The summed E-state index contributed by atoms with van der Waals surface area (Å²) in [7, 11) is 1.58. The largest absolute Gasteiger partial charge is 0.411 e. The molecule has 1 heterocycles. The minimum atomic E-state index is -0.112. The van der Waals surface area contributed by atoms with Crippen LogP contribution < -0.4 is 5.32 Å². The first-order chi connectivity index (χ1) is 10.2. The van der Waals surface area contributed by atoms with E-state index in [-0.39, 0.29) is 11.7 Å². The number of nitrogens with zero attached hydrogens (tertiary/aromatic N) is 2. The number of halogens is 1. The van der Waals surface area contributed by atoms with Crippen molar-refractivity contribution < 1.29 is 13.9 Å². The lowest BCUT2D eigenvalue weighted by atomic mass is 10.2. The van der Waals surface area contributed by atoms with Crippen molar-refractivity contribution >= 4 is 29.3 Å². The lowest BCUT2D eigenvalue weighted by Gasteiger charge is -2.02. The molecule has 0 spiro atoms. The van der Waals surface area contributed by atoms with Gasteiger partial charge in [-0.25, -0.2) is 0 Å². The number of hydrogen-bond acceptors (Lipinski definition) is 6. The van der Waals surface area contributed by atoms with Gasteiger partial charge in [-0.2, -0.15) is 0 Å². The van der Waals surface area contributed by atoms with Crippen LogP contribution in [0.5, 0.6) is 0 Å². The third-order valence-corrected chi connectivity index (χ3v) is 3.49. The summed E-state index contributed by atoms with van der Waals surface area (Å²) in [6.45, 7) is 0.962. The van der Waals surface area contributed by atoms with Gasteiger partial charge in [0.25, 0.3) is 5.22 Å². The molecule has 0 bridgehead atoms. The Morgan fingerprint density at radius 1 is 1.48 bits per heavy atom. The summed E-state index contributed by atoms with van der Waals surface area (Å²) in [4.78, 5) is 11.5. The number of ether oxygens (including phenoxy) is 1. The number of nitrogens with one attached hydrogen (secondary N) is 1. The standard InChI is InChI=1S/C13H14ClN3O3S/c1-19-6-5-15-11(18)8-21-13-17-16-12(20-13)9-3-2-4-10(14)7-9/h2-4,7H,5-6,8H2,1H3,(H,15,18). The quantitative estimate of drug-likeness (QED) is 0.621. The van der Waals surface area contributed by atoms with Crippen LogP contribution in [0.4, 0.5) is 0 Å². The van der Waals surface area contributed by atoms with Crippen LogP contribution in [0.2, 0.25) is 5.02 Å². The lowest BCUT2D eigenvalue weighted by Crippen LogP contribution is -2.28. The first-order valence-corrected chi connectivity index (χ1v) is 7.53. The zero-order valence-electron chi connectivity index (χ0n) is 11.3. The molecule has 0 saturated heterocycles. The molecular formula is C13H14ClN3O3S. The van der Waals surface area contributed by atoms with Gasteiger partial charge in [-0.3, -0.25) is 4.79 Å². The fourth-order valence-electron chi connectivity index (χ4n) is 1.48. The second-order valence-corrected chi connectivity index (χ2v) is 5.38. The van der Waals surface area contributed by atoms with Crippen LogP contribution in [0, 0.1) is 0 Å². The van der Waals surface area contributed by atoms with Crippen molar-refractivity contribution in [2.75, 3.05) is 26.0 Å². The molecule has 21 heavy (non-hydrogen) atoms. The van der Waals surface area contributed by atoms with Gasteiger partial charge in [0.15, 0.2) is 0 Å². The van der Waals surface area contributed by atoms with Gasteiger partial charge in [0.05, 0.1) is 12.4 Å². The van der Waals surface area contributed by atoms with E-state index in [1.54, 1.807) is 25.3 Å². The number of carbonyl (C=O) groups excluding carboxylic acids is 1. The Hall–Kier alpha value is -1.57. The molecule has 112 valence electrons. The van der Waals surface area contributed by atoms with Gasteiger partial charge in [0.2, 0.25) is 11.8 Å². The van der Waals surface area contributed by atoms with Gasteiger partial charge in [-0.1, -0.05) is 29.4 Å². The van der Waals surface area contributed by atoms with Crippen molar-refractivity contribution in [3.05, 3.63) is 29.3 Å². The summed E-state index contributed by atoms with van der Waals surface area (Å²) in [6.07, 6.45) is 0. The van der Waals surface area contributed by atoms with E-state index in [1.807, 2.05) is 6.07 Å². The number of aromatic nitrogens is 2. The van der Waals surface area contributed by atoms with Crippen LogP contribution in [0.15, 0.2) is 33.9 Å². The minimum absolute atomic E-state index is 0.112. The molecule has 0 saturated carbocycles. The maximum Gasteiger partial charge on any atom is 0.277 e. The summed E-state index contributed by atoms with van der Waals surface area (Å²) in [6, 6.07) is 7.13. The fourth-order valence-corrected chi connectivity index (χ4v) is 2.26. The second kappa shape index (κ2) is 8.02. The molecule has 0 unspecified atom stereocenters. The van der Waals surface area contributed by atoms with Crippen molar-refractivity contribution in [1.29, 1.82) is 0 Å². The second-order valence-electron chi connectivity index (χ2n) is 4.01. The molecule has 6 nitrogen and oxygen atoms in total. The van der Waals surface area contributed by atoms with Gasteiger partial charge in [-0.05, 0) is 18.2 Å². The number of amides is 1. The number of methoxy groups -OCH3 is 1. The van der Waals surface area contributed by atoms with Crippen molar-refractivity contribution in [3.8, 4) is 11.5 Å². The number of rotatable bonds is 7. The van der Waals surface area contributed by atoms with Crippen LogP contribution in [0.1, 0.15) is 0 Å². The molecule has 1 amide bonds. The summed E-state index contributed by atoms with van der Waals surface area (Å²) < 4.78 is 10.3. The molecule has 8 heteroatoms. The van der Waals surface area contributed by atoms with Crippen LogP contribution >= 0.6 is 23.4 Å². The first-order valence-electron chi connectivity index (χ1n) is 6.17. The van der Waals surface area contributed by atoms with E-state index in [4.69, 9.17) is 20.8 Å². The molecule has 0 aliphatic rings. The van der Waals surface area contributed by atoms with Gasteiger partial charge < -0.3 is 14.5 Å². The topological polar surface area (TPSA) is 77.2 Å². The van der Waals surface area contributed by atoms with Crippen LogP contribution in [0.25, 0.3) is 11.5 Å². The molecule has 2 aromatic rings. The van der Waals surface area contributed by atoms with Gasteiger partial charge >= 0.3 is 0 Å². The molecule has 2 rings (SSSR count). The monoisotopic (exact) mass is 327 g/mol. The summed E-state index contributed by atoms with van der Waals surface area (Å²) in [5.41, 5.74) is 0.742. The van der Waals surface area contributed by atoms with Gasteiger partial charge in [0, 0.05) is 24.2 Å². The van der Waals surface area contributed by atoms with E-state index in [1.165, 1.54) is 11.8 Å². The van der Waals surface area contributed by atoms with E-state index in [0.717, 1.165) is 5.56 Å². The van der Waals surface area contributed by atoms with E-state index in [9.17, 15) is 4.79 Å². The third-order valence-electron chi connectivity index (χ3n) is 2.43. The molecular weight excluding hydrogens is 314 g/mol. The van der Waals surface area contributed by atoms with Crippen molar-refractivity contribution in [2.45, 2.75) is 5.22 Å². The molecule has 0 atom stereocenters. The molecule has 1 aromatic heterocycles. The highest BCUT2D eigenvalue weighted by molar-refractivity contribution is 7.99. The number of benzene rings is 1. The summed E-state index contributed by atoms with van der Waals surface area (Å²) in [5.74, 6) is 0.473. The average Bonchev–Trinajstić information content (AvgIpc) is 2.94. The first kappa shape index (κ1) is 15.8. The Morgan fingerprint density at radius 3 is 3.10 bits per heavy atom. The van der Waals surface area contributed by atoms with Crippen molar-refractivity contribution in [2.24, 2.45) is 0 Å². The Balaban J connectivity index is 1.87. The van der Waals surface area contributed by atoms with Crippen LogP contribution in [0.3, 0.4) is 0 Å². The number of carbonyl (C=O) groups is 1. The Morgan fingerprint density at radius 2 is 2.33 bits per heavy atom.